The normalized spacial score (nSPS) is 16.6. The van der Waals surface area contributed by atoms with E-state index in [4.69, 9.17) is 10.5 Å². The Bertz CT molecular complexity index is 535. The number of nitrogens with zero attached hydrogens (tertiary/aromatic N) is 2. The van der Waals surface area contributed by atoms with Gasteiger partial charge < -0.3 is 15.4 Å². The number of carbonyl (C=O) groups is 1. The number of rotatable bonds is 2. The predicted octanol–water partition coefficient (Wildman–Crippen LogP) is 3.67. The van der Waals surface area contributed by atoms with E-state index in [1.54, 1.807) is 11.1 Å². The molecule has 2 rings (SSSR count). The second kappa shape index (κ2) is 6.86. The molecule has 22 heavy (non-hydrogen) atoms. The molecule has 0 saturated carbocycles. The Balaban J connectivity index is 1.99. The van der Waals surface area contributed by atoms with Crippen molar-refractivity contribution in [3.8, 4) is 0 Å². The van der Waals surface area contributed by atoms with E-state index in [9.17, 15) is 4.79 Å². The first-order chi connectivity index (χ1) is 10.3. The van der Waals surface area contributed by atoms with Gasteiger partial charge in [-0.3, -0.25) is 4.98 Å². The molecule has 0 aromatic carbocycles. The van der Waals surface area contributed by atoms with Crippen LogP contribution < -0.4 is 5.73 Å². The number of nitrogen functional groups attached to an aromatic ring is 1. The highest BCUT2D eigenvalue weighted by Gasteiger charge is 2.28. The van der Waals surface area contributed by atoms with Gasteiger partial charge in [-0.15, -0.1) is 0 Å². The van der Waals surface area contributed by atoms with E-state index in [2.05, 4.69) is 20.9 Å². The fourth-order valence-corrected chi connectivity index (χ4v) is 3.13. The molecule has 122 valence electrons. The minimum Gasteiger partial charge on any atom is -0.444 e. The van der Waals surface area contributed by atoms with Crippen LogP contribution in [-0.2, 0) is 10.1 Å². The molecule has 0 unspecified atom stereocenters. The largest absolute Gasteiger partial charge is 0.444 e. The smallest absolute Gasteiger partial charge is 0.410 e. The molecule has 0 spiro atoms. The van der Waals surface area contributed by atoms with Gasteiger partial charge >= 0.3 is 6.09 Å². The fraction of sp³-hybridized carbons (Fsp3) is 0.625. The van der Waals surface area contributed by atoms with Crippen LogP contribution in [0.3, 0.4) is 0 Å². The molecule has 1 amide bonds. The lowest BCUT2D eigenvalue weighted by Gasteiger charge is -2.33. The average Bonchev–Trinajstić information content (AvgIpc) is 2.45. The van der Waals surface area contributed by atoms with Crippen LogP contribution in [0.4, 0.5) is 10.5 Å². The van der Waals surface area contributed by atoms with Crippen molar-refractivity contribution < 1.29 is 9.53 Å². The van der Waals surface area contributed by atoms with Gasteiger partial charge in [0.25, 0.3) is 0 Å². The van der Waals surface area contributed by atoms with Crippen molar-refractivity contribution in [1.29, 1.82) is 0 Å². The van der Waals surface area contributed by atoms with Crippen LogP contribution in [0.25, 0.3) is 0 Å². The van der Waals surface area contributed by atoms with E-state index < -0.39 is 5.60 Å². The summed E-state index contributed by atoms with van der Waals surface area (Å²) < 4.78 is 5.43. The quantitative estimate of drug-likeness (QED) is 0.807. The van der Waals surface area contributed by atoms with Crippen molar-refractivity contribution in [2.24, 2.45) is 0 Å². The molecule has 5 nitrogen and oxygen atoms in total. The Kier molecular flexibility index (Phi) is 5.32. The lowest BCUT2D eigenvalue weighted by molar-refractivity contribution is 0.0204. The summed E-state index contributed by atoms with van der Waals surface area (Å²) in [6, 6.07) is 1.97. The highest BCUT2D eigenvalue weighted by molar-refractivity contribution is 9.08. The topological polar surface area (TPSA) is 68.5 Å². The number of piperidine rings is 1. The van der Waals surface area contributed by atoms with E-state index >= 15 is 0 Å². The van der Waals surface area contributed by atoms with Gasteiger partial charge in [-0.25, -0.2) is 4.79 Å². The number of amides is 1. The Morgan fingerprint density at radius 1 is 1.45 bits per heavy atom. The van der Waals surface area contributed by atoms with Gasteiger partial charge in [0.1, 0.15) is 5.60 Å². The summed E-state index contributed by atoms with van der Waals surface area (Å²) in [7, 11) is 0. The maximum absolute atomic E-state index is 12.1. The number of carbonyl (C=O) groups excluding carboxylic acids is 1. The molecular weight excluding hydrogens is 346 g/mol. The minimum atomic E-state index is -0.449. The van der Waals surface area contributed by atoms with Crippen LogP contribution in [0.15, 0.2) is 12.3 Å². The van der Waals surface area contributed by atoms with E-state index in [-0.39, 0.29) is 6.09 Å². The van der Waals surface area contributed by atoms with Crippen LogP contribution in [-0.4, -0.2) is 34.7 Å². The molecule has 6 heteroatoms. The summed E-state index contributed by atoms with van der Waals surface area (Å²) in [5.41, 5.74) is 8.26. The molecule has 1 aliphatic rings. The highest BCUT2D eigenvalue weighted by Crippen LogP contribution is 2.31. The Morgan fingerprint density at radius 3 is 2.64 bits per heavy atom. The van der Waals surface area contributed by atoms with Crippen LogP contribution in [0.1, 0.15) is 50.8 Å². The zero-order chi connectivity index (χ0) is 16.3. The number of aromatic nitrogens is 1. The van der Waals surface area contributed by atoms with Crippen molar-refractivity contribution in [2.75, 3.05) is 18.8 Å². The zero-order valence-electron chi connectivity index (χ0n) is 13.4. The molecule has 2 heterocycles. The highest BCUT2D eigenvalue weighted by atomic mass is 79.9. The van der Waals surface area contributed by atoms with Gasteiger partial charge in [0, 0.05) is 30.0 Å². The first kappa shape index (κ1) is 17.1. The number of alkyl halides is 1. The second-order valence-corrected chi connectivity index (χ2v) is 7.25. The summed E-state index contributed by atoms with van der Waals surface area (Å²) >= 11 is 3.50. The Labute approximate surface area is 140 Å². The maximum Gasteiger partial charge on any atom is 0.410 e. The van der Waals surface area contributed by atoms with E-state index in [0.717, 1.165) is 29.4 Å². The summed E-state index contributed by atoms with van der Waals surface area (Å²) in [6.07, 6.45) is 3.28. The van der Waals surface area contributed by atoms with Gasteiger partial charge in [-0.1, -0.05) is 15.9 Å². The van der Waals surface area contributed by atoms with Crippen molar-refractivity contribution in [3.63, 3.8) is 0 Å². The molecule has 1 aromatic rings. The van der Waals surface area contributed by atoms with E-state index in [0.29, 0.717) is 24.7 Å². The molecule has 1 aliphatic heterocycles. The van der Waals surface area contributed by atoms with E-state index in [1.807, 2.05) is 26.8 Å². The molecular formula is C16H24BrN3O2. The number of anilines is 1. The number of likely N-dealkylation sites (tertiary alicyclic amines) is 1. The number of hydrogen-bond donors (Lipinski definition) is 1. The third-order valence-electron chi connectivity index (χ3n) is 3.70. The standard InChI is InChI=1S/C16H24BrN3O2/c1-16(2,3)22-15(21)20-6-4-11(5-7-20)14-12(9-17)8-13(18)10-19-14/h8,10-11H,4-7,9,18H2,1-3H3. The van der Waals surface area contributed by atoms with Crippen LogP contribution in [0, 0.1) is 0 Å². The summed E-state index contributed by atoms with van der Waals surface area (Å²) in [5, 5.41) is 0.743. The molecule has 0 aliphatic carbocycles. The Morgan fingerprint density at radius 2 is 2.09 bits per heavy atom. The van der Waals surface area contributed by atoms with Crippen LogP contribution >= 0.6 is 15.9 Å². The number of hydrogen-bond acceptors (Lipinski definition) is 4. The number of ether oxygens (including phenoxy) is 1. The SMILES string of the molecule is CC(C)(C)OC(=O)N1CCC(c2ncc(N)cc2CBr)CC1. The van der Waals surface area contributed by atoms with E-state index in [1.165, 1.54) is 0 Å². The number of halogens is 1. The predicted molar refractivity (Wildman–Crippen MR) is 91.1 cm³/mol. The lowest BCUT2D eigenvalue weighted by Crippen LogP contribution is -2.41. The van der Waals surface area contributed by atoms with Crippen molar-refractivity contribution in [3.05, 3.63) is 23.5 Å². The fourth-order valence-electron chi connectivity index (χ4n) is 2.68. The molecule has 2 N–H and O–H groups in total. The summed E-state index contributed by atoms with van der Waals surface area (Å²) in [6.45, 7) is 7.06. The van der Waals surface area contributed by atoms with Gasteiger partial charge in [0.05, 0.1) is 11.9 Å². The monoisotopic (exact) mass is 369 g/mol. The van der Waals surface area contributed by atoms with Crippen LogP contribution in [0.2, 0.25) is 0 Å². The van der Waals surface area contributed by atoms with Gasteiger partial charge in [0.15, 0.2) is 0 Å². The summed E-state index contributed by atoms with van der Waals surface area (Å²) in [4.78, 5) is 18.4. The first-order valence-corrected chi connectivity index (χ1v) is 8.70. The molecule has 1 fully saturated rings. The summed E-state index contributed by atoms with van der Waals surface area (Å²) in [5.74, 6) is 0.367. The second-order valence-electron chi connectivity index (χ2n) is 6.69. The molecule has 1 aromatic heterocycles. The third kappa shape index (κ3) is 4.35. The maximum atomic E-state index is 12.1. The number of pyridine rings is 1. The van der Waals surface area contributed by atoms with Gasteiger partial charge in [-0.2, -0.15) is 0 Å². The molecule has 0 bridgehead atoms. The molecule has 0 radical (unpaired) electrons. The first-order valence-electron chi connectivity index (χ1n) is 7.58. The van der Waals surface area contributed by atoms with Gasteiger partial charge in [0.2, 0.25) is 0 Å². The lowest BCUT2D eigenvalue weighted by atomic mass is 9.91. The van der Waals surface area contributed by atoms with Crippen molar-refractivity contribution in [2.45, 2.75) is 50.5 Å². The third-order valence-corrected chi connectivity index (χ3v) is 4.30. The van der Waals surface area contributed by atoms with Gasteiger partial charge in [-0.05, 0) is 45.2 Å². The Hall–Kier alpha value is -1.30. The molecule has 1 saturated heterocycles. The zero-order valence-corrected chi connectivity index (χ0v) is 15.0. The van der Waals surface area contributed by atoms with Crippen molar-refractivity contribution >= 4 is 27.7 Å². The number of nitrogens with two attached hydrogens (primary N) is 1. The molecule has 0 atom stereocenters. The van der Waals surface area contributed by atoms with Crippen molar-refractivity contribution in [1.82, 2.24) is 9.88 Å². The average molecular weight is 370 g/mol. The van der Waals surface area contributed by atoms with Crippen LogP contribution in [0.5, 0.6) is 0 Å². The minimum absolute atomic E-state index is 0.225.